The third kappa shape index (κ3) is 5.09. The highest BCUT2D eigenvalue weighted by Gasteiger charge is 2.33. The fourth-order valence-corrected chi connectivity index (χ4v) is 4.19. The Morgan fingerprint density at radius 2 is 1.89 bits per heavy atom. The van der Waals surface area contributed by atoms with E-state index in [1.807, 2.05) is 6.92 Å². The summed E-state index contributed by atoms with van der Waals surface area (Å²) in [6, 6.07) is 6.69. The first-order chi connectivity index (χ1) is 13.1. The molecule has 8 heteroatoms. The number of carbonyl (C=O) groups excluding carboxylic acids is 3. The molecule has 1 fully saturated rings. The fraction of sp³-hybridized carbons (Fsp3) is 0.474. The fourth-order valence-electron chi connectivity index (χ4n) is 3.08. The van der Waals surface area contributed by atoms with Gasteiger partial charge in [0, 0.05) is 37.3 Å². The Kier molecular flexibility index (Phi) is 6.49. The Bertz CT molecular complexity index is 742. The van der Waals surface area contributed by atoms with E-state index < -0.39 is 5.25 Å². The number of amides is 3. The molecule has 0 unspecified atom stereocenters. The number of amidine groups is 1. The molecule has 0 saturated carbocycles. The summed E-state index contributed by atoms with van der Waals surface area (Å²) in [7, 11) is 0. The van der Waals surface area contributed by atoms with Gasteiger partial charge in [0.15, 0.2) is 5.17 Å². The molecule has 0 aromatic heterocycles. The van der Waals surface area contributed by atoms with Crippen LogP contribution in [0.5, 0.6) is 0 Å². The first kappa shape index (κ1) is 19.4. The molecule has 0 spiro atoms. The van der Waals surface area contributed by atoms with E-state index >= 15 is 0 Å². The highest BCUT2D eigenvalue weighted by atomic mass is 32.2. The number of piperidine rings is 1. The molecule has 3 rings (SSSR count). The minimum Gasteiger partial charge on any atom is -0.352 e. The van der Waals surface area contributed by atoms with E-state index in [4.69, 9.17) is 0 Å². The van der Waals surface area contributed by atoms with Crippen molar-refractivity contribution in [2.75, 3.05) is 25.0 Å². The van der Waals surface area contributed by atoms with Crippen molar-refractivity contribution >= 4 is 40.3 Å². The van der Waals surface area contributed by atoms with Crippen LogP contribution >= 0.6 is 11.8 Å². The third-order valence-corrected chi connectivity index (χ3v) is 5.71. The minimum absolute atomic E-state index is 0.0857. The van der Waals surface area contributed by atoms with Gasteiger partial charge in [-0.1, -0.05) is 11.8 Å². The van der Waals surface area contributed by atoms with Crippen LogP contribution in [0.1, 0.15) is 43.0 Å². The van der Waals surface area contributed by atoms with Gasteiger partial charge in [-0.2, -0.15) is 4.99 Å². The second-order valence-electron chi connectivity index (χ2n) is 6.58. The molecule has 1 saturated heterocycles. The van der Waals surface area contributed by atoms with Crippen LogP contribution in [0, 0.1) is 0 Å². The van der Waals surface area contributed by atoms with Crippen LogP contribution in [0.15, 0.2) is 29.3 Å². The summed E-state index contributed by atoms with van der Waals surface area (Å²) >= 11 is 1.39. The lowest BCUT2D eigenvalue weighted by molar-refractivity contribution is -0.121. The van der Waals surface area contributed by atoms with Gasteiger partial charge in [0.2, 0.25) is 5.91 Å². The minimum atomic E-state index is -0.462. The number of hydrogen-bond acceptors (Lipinski definition) is 5. The number of anilines is 1. The number of aliphatic imine (C=N–C) groups is 1. The molecule has 1 aromatic rings. The van der Waals surface area contributed by atoms with Crippen molar-refractivity contribution in [1.82, 2.24) is 10.2 Å². The van der Waals surface area contributed by atoms with Crippen molar-refractivity contribution in [2.24, 2.45) is 4.99 Å². The predicted molar refractivity (Wildman–Crippen MR) is 107 cm³/mol. The summed E-state index contributed by atoms with van der Waals surface area (Å²) in [5.41, 5.74) is 1.14. The Labute approximate surface area is 163 Å². The monoisotopic (exact) mass is 388 g/mol. The topological polar surface area (TPSA) is 90.9 Å². The normalized spacial score (nSPS) is 19.6. The maximum Gasteiger partial charge on any atom is 0.262 e. The molecular formula is C19H24N4O3S. The molecule has 2 heterocycles. The van der Waals surface area contributed by atoms with Crippen molar-refractivity contribution in [2.45, 2.75) is 37.9 Å². The molecule has 0 aliphatic carbocycles. The highest BCUT2D eigenvalue weighted by molar-refractivity contribution is 8.15. The van der Waals surface area contributed by atoms with Gasteiger partial charge in [-0.05, 0) is 50.5 Å². The molecule has 2 N–H and O–H groups in total. The Balaban J connectivity index is 1.51. The number of hydrogen-bond donors (Lipinski definition) is 2. The average Bonchev–Trinajstić information content (AvgIpc) is 3.03. The average molecular weight is 388 g/mol. The van der Waals surface area contributed by atoms with Gasteiger partial charge in [-0.15, -0.1) is 0 Å². The third-order valence-electron chi connectivity index (χ3n) is 4.49. The number of nitrogens with one attached hydrogen (secondary N) is 2. The standard InChI is InChI=1S/C19H24N4O3S/c1-2-20-17(25)13-6-8-14(9-7-13)21-16(24)12-15-18(26)22-19(27-15)23-10-4-3-5-11-23/h6-9,15H,2-5,10-12H2,1H3,(H,20,25)(H,21,24)/t15-/m0/s1. The van der Waals surface area contributed by atoms with E-state index in [0.717, 1.165) is 31.1 Å². The highest BCUT2D eigenvalue weighted by Crippen LogP contribution is 2.29. The van der Waals surface area contributed by atoms with Gasteiger partial charge in [-0.25, -0.2) is 0 Å². The molecule has 7 nitrogen and oxygen atoms in total. The quantitative estimate of drug-likeness (QED) is 0.807. The SMILES string of the molecule is CCNC(=O)c1ccc(NC(=O)C[C@@H]2SC(N3CCCCC3)=NC2=O)cc1. The van der Waals surface area contributed by atoms with E-state index in [9.17, 15) is 14.4 Å². The van der Waals surface area contributed by atoms with Crippen LogP contribution in [0.4, 0.5) is 5.69 Å². The van der Waals surface area contributed by atoms with E-state index in [-0.39, 0.29) is 24.1 Å². The molecule has 0 bridgehead atoms. The maximum atomic E-state index is 12.3. The summed E-state index contributed by atoms with van der Waals surface area (Å²) in [5, 5.41) is 5.80. The number of rotatable bonds is 5. The second kappa shape index (κ2) is 9.03. The molecule has 3 amide bonds. The van der Waals surface area contributed by atoms with E-state index in [0.29, 0.717) is 17.8 Å². The van der Waals surface area contributed by atoms with Gasteiger partial charge in [0.25, 0.3) is 11.8 Å². The molecule has 144 valence electrons. The van der Waals surface area contributed by atoms with Crippen molar-refractivity contribution in [3.8, 4) is 0 Å². The van der Waals surface area contributed by atoms with Crippen molar-refractivity contribution in [3.63, 3.8) is 0 Å². The zero-order valence-electron chi connectivity index (χ0n) is 15.4. The van der Waals surface area contributed by atoms with Crippen LogP contribution < -0.4 is 10.6 Å². The smallest absolute Gasteiger partial charge is 0.262 e. The second-order valence-corrected chi connectivity index (χ2v) is 7.75. The number of nitrogens with zero attached hydrogens (tertiary/aromatic N) is 2. The van der Waals surface area contributed by atoms with E-state index in [1.54, 1.807) is 24.3 Å². The van der Waals surface area contributed by atoms with Crippen LogP contribution in [0.2, 0.25) is 0 Å². The largest absolute Gasteiger partial charge is 0.352 e. The molecule has 1 atom stereocenters. The van der Waals surface area contributed by atoms with Crippen molar-refractivity contribution in [3.05, 3.63) is 29.8 Å². The summed E-state index contributed by atoms with van der Waals surface area (Å²) < 4.78 is 0. The van der Waals surface area contributed by atoms with Crippen LogP contribution in [0.25, 0.3) is 0 Å². The van der Waals surface area contributed by atoms with Gasteiger partial charge < -0.3 is 15.5 Å². The zero-order chi connectivity index (χ0) is 19.2. The van der Waals surface area contributed by atoms with Gasteiger partial charge in [-0.3, -0.25) is 14.4 Å². The lowest BCUT2D eigenvalue weighted by Gasteiger charge is -2.27. The lowest BCUT2D eigenvalue weighted by Crippen LogP contribution is -2.33. The molecular weight excluding hydrogens is 364 g/mol. The summed E-state index contributed by atoms with van der Waals surface area (Å²) in [6.45, 7) is 4.27. The summed E-state index contributed by atoms with van der Waals surface area (Å²) in [5.74, 6) is -0.616. The first-order valence-electron chi connectivity index (χ1n) is 9.29. The van der Waals surface area contributed by atoms with Crippen molar-refractivity contribution < 1.29 is 14.4 Å². The van der Waals surface area contributed by atoms with Gasteiger partial charge in [0.05, 0.1) is 0 Å². The van der Waals surface area contributed by atoms with Crippen molar-refractivity contribution in [1.29, 1.82) is 0 Å². The number of thioether (sulfide) groups is 1. The maximum absolute atomic E-state index is 12.3. The van der Waals surface area contributed by atoms with Crippen LogP contribution in [0.3, 0.4) is 0 Å². The number of likely N-dealkylation sites (tertiary alicyclic amines) is 1. The molecule has 27 heavy (non-hydrogen) atoms. The van der Waals surface area contributed by atoms with Gasteiger partial charge >= 0.3 is 0 Å². The summed E-state index contributed by atoms with van der Waals surface area (Å²) in [4.78, 5) is 42.5. The predicted octanol–water partition coefficient (Wildman–Crippen LogP) is 2.25. The lowest BCUT2D eigenvalue weighted by atomic mass is 10.1. The number of benzene rings is 1. The van der Waals surface area contributed by atoms with E-state index in [1.165, 1.54) is 18.2 Å². The molecule has 1 aromatic carbocycles. The molecule has 2 aliphatic heterocycles. The zero-order valence-corrected chi connectivity index (χ0v) is 16.2. The molecule has 2 aliphatic rings. The molecule has 0 radical (unpaired) electrons. The van der Waals surface area contributed by atoms with Crippen LogP contribution in [-0.4, -0.2) is 52.7 Å². The number of carbonyl (C=O) groups is 3. The Hall–Kier alpha value is -2.35. The summed E-state index contributed by atoms with van der Waals surface area (Å²) in [6.07, 6.45) is 3.53. The Morgan fingerprint density at radius 1 is 1.19 bits per heavy atom. The van der Waals surface area contributed by atoms with Gasteiger partial charge in [0.1, 0.15) is 5.25 Å². The first-order valence-corrected chi connectivity index (χ1v) is 10.2. The van der Waals surface area contributed by atoms with E-state index in [2.05, 4.69) is 20.5 Å². The van der Waals surface area contributed by atoms with Crippen LogP contribution in [-0.2, 0) is 9.59 Å². The Morgan fingerprint density at radius 3 is 2.56 bits per heavy atom.